The second-order valence-electron chi connectivity index (χ2n) is 5.58. The van der Waals surface area contributed by atoms with Gasteiger partial charge in [0.05, 0.1) is 11.4 Å². The minimum Gasteiger partial charge on any atom is -0.481 e. The number of aromatic nitrogens is 1. The number of hydrogen-bond donors (Lipinski definition) is 2. The van der Waals surface area contributed by atoms with Crippen molar-refractivity contribution in [2.75, 3.05) is 5.75 Å². The Morgan fingerprint density at radius 3 is 2.96 bits per heavy atom. The molecule has 2 atom stereocenters. The van der Waals surface area contributed by atoms with Crippen molar-refractivity contribution in [1.82, 2.24) is 4.98 Å². The van der Waals surface area contributed by atoms with E-state index in [4.69, 9.17) is 4.74 Å². The zero-order valence-electron chi connectivity index (χ0n) is 11.7. The third-order valence-corrected chi connectivity index (χ3v) is 6.58. The first-order chi connectivity index (χ1) is 11.0. The zero-order chi connectivity index (χ0) is 16.2. The predicted molar refractivity (Wildman–Crippen MR) is 84.3 cm³/mol. The van der Waals surface area contributed by atoms with Crippen molar-refractivity contribution in [3.8, 4) is 5.75 Å². The number of benzene rings is 1. The molecule has 0 aliphatic carbocycles. The van der Waals surface area contributed by atoms with E-state index in [1.54, 1.807) is 12.1 Å². The average molecular weight is 349 g/mol. The van der Waals surface area contributed by atoms with Crippen molar-refractivity contribution in [2.24, 2.45) is 5.41 Å². The smallest absolute Gasteiger partial charge is 0.319 e. The van der Waals surface area contributed by atoms with Gasteiger partial charge in [-0.05, 0) is 6.07 Å². The Labute approximate surface area is 138 Å². The number of esters is 1. The summed E-state index contributed by atoms with van der Waals surface area (Å²) in [6.07, 6.45) is -0.330. The van der Waals surface area contributed by atoms with E-state index in [1.807, 2.05) is 12.1 Å². The number of nitrogens with one attached hydrogen (secondary N) is 1. The maximum atomic E-state index is 12.7. The molecule has 0 spiro atoms. The van der Waals surface area contributed by atoms with Gasteiger partial charge in [0.2, 0.25) is 0 Å². The molecule has 0 fully saturated rings. The molecule has 2 aromatic rings. The number of carboxylic acid groups (broad SMARTS) is 1. The number of rotatable bonds is 2. The number of thiazole rings is 1. The number of aliphatic carboxylic acids is 1. The van der Waals surface area contributed by atoms with Crippen LogP contribution in [0.1, 0.15) is 22.8 Å². The van der Waals surface area contributed by atoms with Crippen LogP contribution < -0.4 is 9.61 Å². The summed E-state index contributed by atoms with van der Waals surface area (Å²) in [4.78, 5) is 39.1. The lowest BCUT2D eigenvalue weighted by atomic mass is 9.68. The number of carboxylic acids is 1. The van der Waals surface area contributed by atoms with Crippen LogP contribution in [0, 0.1) is 5.41 Å². The highest BCUT2D eigenvalue weighted by Gasteiger charge is 2.57. The minimum absolute atomic E-state index is 0.204. The number of aromatic amines is 1. The van der Waals surface area contributed by atoms with Crippen molar-refractivity contribution >= 4 is 35.0 Å². The van der Waals surface area contributed by atoms with Gasteiger partial charge in [0.15, 0.2) is 0 Å². The molecule has 4 rings (SSSR count). The molecule has 0 unspecified atom stereocenters. The van der Waals surface area contributed by atoms with E-state index in [9.17, 15) is 19.5 Å². The molecule has 23 heavy (non-hydrogen) atoms. The molecule has 118 valence electrons. The summed E-state index contributed by atoms with van der Waals surface area (Å²) in [5.74, 6) is -1.38. The molecule has 0 radical (unpaired) electrons. The maximum absolute atomic E-state index is 12.7. The van der Waals surface area contributed by atoms with Crippen LogP contribution in [0.5, 0.6) is 5.75 Å². The lowest BCUT2D eigenvalue weighted by molar-refractivity contribution is -0.154. The Hall–Kier alpha value is -2.06. The second-order valence-corrected chi connectivity index (χ2v) is 7.58. The summed E-state index contributed by atoms with van der Waals surface area (Å²) in [6.45, 7) is 0. The Kier molecular flexibility index (Phi) is 3.14. The van der Waals surface area contributed by atoms with Crippen molar-refractivity contribution in [3.05, 3.63) is 44.4 Å². The van der Waals surface area contributed by atoms with Gasteiger partial charge in [-0.25, -0.2) is 0 Å². The summed E-state index contributed by atoms with van der Waals surface area (Å²) in [5, 5.41) is 10.1. The van der Waals surface area contributed by atoms with E-state index in [2.05, 4.69) is 4.98 Å². The monoisotopic (exact) mass is 349 g/mol. The van der Waals surface area contributed by atoms with Crippen LogP contribution in [0.2, 0.25) is 0 Å². The predicted octanol–water partition coefficient (Wildman–Crippen LogP) is 2.05. The number of fused-ring (bicyclic) bond motifs is 5. The largest absolute Gasteiger partial charge is 0.481 e. The van der Waals surface area contributed by atoms with E-state index < -0.39 is 23.3 Å². The zero-order valence-corrected chi connectivity index (χ0v) is 13.3. The van der Waals surface area contributed by atoms with Crippen LogP contribution in [0.4, 0.5) is 0 Å². The van der Waals surface area contributed by atoms with Gasteiger partial charge in [0, 0.05) is 22.1 Å². The summed E-state index contributed by atoms with van der Waals surface area (Å²) in [6, 6.07) is 7.09. The molecule has 2 aliphatic heterocycles. The molecule has 0 amide bonds. The van der Waals surface area contributed by atoms with Gasteiger partial charge in [-0.1, -0.05) is 29.5 Å². The van der Waals surface area contributed by atoms with E-state index in [-0.39, 0.29) is 17.0 Å². The maximum Gasteiger partial charge on any atom is 0.319 e. The molecule has 0 saturated heterocycles. The minimum atomic E-state index is -1.19. The fraction of sp³-hybridized carbons (Fsp3) is 0.267. The number of para-hydroxylation sites is 1. The molecule has 1 aromatic heterocycles. The van der Waals surface area contributed by atoms with Gasteiger partial charge in [-0.2, -0.15) is 0 Å². The highest BCUT2D eigenvalue weighted by atomic mass is 32.2. The molecule has 3 heterocycles. The lowest BCUT2D eigenvalue weighted by Crippen LogP contribution is -2.48. The summed E-state index contributed by atoms with van der Waals surface area (Å²) < 4.78 is 5.43. The van der Waals surface area contributed by atoms with Gasteiger partial charge < -0.3 is 14.8 Å². The Balaban J connectivity index is 2.00. The summed E-state index contributed by atoms with van der Waals surface area (Å²) in [5.41, 5.74) is -0.437. The normalized spacial score (nSPS) is 25.0. The van der Waals surface area contributed by atoms with Crippen LogP contribution >= 0.6 is 23.1 Å². The number of ether oxygens (including phenoxy) is 1. The highest BCUT2D eigenvalue weighted by molar-refractivity contribution is 7.99. The first-order valence-electron chi connectivity index (χ1n) is 6.90. The van der Waals surface area contributed by atoms with E-state index in [0.29, 0.717) is 5.75 Å². The van der Waals surface area contributed by atoms with Crippen molar-refractivity contribution in [2.45, 2.75) is 17.4 Å². The first kappa shape index (κ1) is 14.5. The van der Waals surface area contributed by atoms with Crippen LogP contribution in [-0.2, 0) is 9.59 Å². The van der Waals surface area contributed by atoms with Crippen molar-refractivity contribution in [3.63, 3.8) is 0 Å². The molecular formula is C15H11NO5S2. The summed E-state index contributed by atoms with van der Waals surface area (Å²) in [7, 11) is 0. The molecule has 0 saturated carbocycles. The van der Waals surface area contributed by atoms with E-state index in [1.165, 1.54) is 11.8 Å². The summed E-state index contributed by atoms with van der Waals surface area (Å²) >= 11 is 2.34. The van der Waals surface area contributed by atoms with Gasteiger partial charge in [0.1, 0.15) is 11.2 Å². The third kappa shape index (κ3) is 2.05. The number of carbonyl (C=O) groups is 2. The van der Waals surface area contributed by atoms with Crippen LogP contribution in [-0.4, -0.2) is 27.8 Å². The van der Waals surface area contributed by atoms with Crippen molar-refractivity contribution < 1.29 is 19.4 Å². The van der Waals surface area contributed by atoms with E-state index in [0.717, 1.165) is 26.8 Å². The van der Waals surface area contributed by atoms with Gasteiger partial charge >= 0.3 is 16.8 Å². The standard InChI is InChI=1S/C15H11NO5S2/c17-9(18)5-15-6-22-12-11(23-14(20)16-12)10(15)7-3-1-2-4-8(7)21-13(15)19/h1-4,10H,5-6H2,(H,16,20)(H,17,18)/t10-,15+/m0/s1. The highest BCUT2D eigenvalue weighted by Crippen LogP contribution is 2.58. The van der Waals surface area contributed by atoms with Crippen LogP contribution in [0.25, 0.3) is 0 Å². The van der Waals surface area contributed by atoms with E-state index >= 15 is 0 Å². The molecule has 1 aromatic carbocycles. The number of H-pyrrole nitrogens is 1. The van der Waals surface area contributed by atoms with Crippen molar-refractivity contribution in [1.29, 1.82) is 0 Å². The Bertz CT molecular complexity index is 886. The molecule has 2 aliphatic rings. The van der Waals surface area contributed by atoms with Gasteiger partial charge in [0.25, 0.3) is 0 Å². The topological polar surface area (TPSA) is 96.5 Å². The van der Waals surface area contributed by atoms with Crippen LogP contribution in [0.3, 0.4) is 0 Å². The Morgan fingerprint density at radius 1 is 1.39 bits per heavy atom. The first-order valence-corrected chi connectivity index (χ1v) is 8.70. The molecule has 8 heteroatoms. The number of hydrogen-bond acceptors (Lipinski definition) is 6. The quantitative estimate of drug-likeness (QED) is 0.636. The fourth-order valence-corrected chi connectivity index (χ4v) is 5.83. The average Bonchev–Trinajstić information content (AvgIpc) is 2.87. The SMILES string of the molecule is O=C(O)C[C@@]12CSc3[nH]c(=O)sc3[C@@H]1c1ccccc1OC2=O. The fourth-order valence-electron chi connectivity index (χ4n) is 3.28. The molecule has 2 N–H and O–H groups in total. The third-order valence-electron chi connectivity index (χ3n) is 4.24. The van der Waals surface area contributed by atoms with Gasteiger partial charge in [-0.3, -0.25) is 14.4 Å². The number of thioether (sulfide) groups is 1. The molecule has 0 bridgehead atoms. The second kappa shape index (κ2) is 4.97. The number of carbonyl (C=O) groups excluding carboxylic acids is 1. The molecular weight excluding hydrogens is 338 g/mol. The van der Waals surface area contributed by atoms with Gasteiger partial charge in [-0.15, -0.1) is 11.8 Å². The lowest BCUT2D eigenvalue weighted by Gasteiger charge is -2.43. The van der Waals surface area contributed by atoms with Crippen LogP contribution in [0.15, 0.2) is 34.1 Å². The Morgan fingerprint density at radius 2 is 2.17 bits per heavy atom. The molecule has 6 nitrogen and oxygen atoms in total.